The molecule has 0 bridgehead atoms. The fourth-order valence-electron chi connectivity index (χ4n) is 2.44. The van der Waals surface area contributed by atoms with Gasteiger partial charge < -0.3 is 9.47 Å². The van der Waals surface area contributed by atoms with E-state index in [4.69, 9.17) is 9.47 Å². The molecule has 0 aromatic heterocycles. The van der Waals surface area contributed by atoms with Crippen LogP contribution in [0, 0.1) is 0 Å². The molecule has 7 heteroatoms. The maximum atomic E-state index is 12.0. The van der Waals surface area contributed by atoms with E-state index in [2.05, 4.69) is 21.0 Å². The number of hydrogen-bond donors (Lipinski definition) is 0. The zero-order chi connectivity index (χ0) is 18.0. The Morgan fingerprint density at radius 1 is 1.16 bits per heavy atom. The Morgan fingerprint density at radius 3 is 2.60 bits per heavy atom. The number of carbonyl (C=O) groups excluding carboxylic acids is 2. The highest BCUT2D eigenvalue weighted by Gasteiger charge is 2.34. The topological polar surface area (TPSA) is 68.2 Å². The molecule has 2 aromatic carbocycles. The number of esters is 1. The average Bonchev–Trinajstić information content (AvgIpc) is 3.00. The zero-order valence-electron chi connectivity index (χ0n) is 13.6. The van der Waals surface area contributed by atoms with Crippen LogP contribution in [0.25, 0.3) is 0 Å². The van der Waals surface area contributed by atoms with Crippen LogP contribution in [0.2, 0.25) is 0 Å². The number of ether oxygens (including phenoxy) is 2. The van der Waals surface area contributed by atoms with E-state index in [1.165, 1.54) is 18.9 Å². The molecular weight excluding hydrogens is 388 g/mol. The Balaban J connectivity index is 1.98. The predicted molar refractivity (Wildman–Crippen MR) is 94.8 cm³/mol. The summed E-state index contributed by atoms with van der Waals surface area (Å²) in [5.74, 6) is -0.160. The monoisotopic (exact) mass is 402 g/mol. The van der Waals surface area contributed by atoms with Crippen LogP contribution in [-0.2, 0) is 14.3 Å². The number of hydrazone groups is 1. The lowest BCUT2D eigenvalue weighted by Crippen LogP contribution is -2.25. The van der Waals surface area contributed by atoms with Crippen molar-refractivity contribution in [2.24, 2.45) is 5.10 Å². The Labute approximate surface area is 153 Å². The second kappa shape index (κ2) is 7.06. The molecule has 6 nitrogen and oxygen atoms in total. The Kier molecular flexibility index (Phi) is 4.85. The van der Waals surface area contributed by atoms with E-state index in [0.717, 1.165) is 10.0 Å². The summed E-state index contributed by atoms with van der Waals surface area (Å²) in [6.45, 7) is 2.74. The van der Waals surface area contributed by atoms with Crippen molar-refractivity contribution in [1.82, 2.24) is 5.01 Å². The van der Waals surface area contributed by atoms with Crippen molar-refractivity contribution in [1.29, 1.82) is 0 Å². The highest BCUT2D eigenvalue weighted by atomic mass is 79.9. The van der Waals surface area contributed by atoms with Crippen molar-refractivity contribution >= 4 is 33.7 Å². The maximum absolute atomic E-state index is 12.0. The molecule has 0 fully saturated rings. The van der Waals surface area contributed by atoms with Gasteiger partial charge in [-0.25, -0.2) is 0 Å². The van der Waals surface area contributed by atoms with Crippen molar-refractivity contribution in [2.75, 3.05) is 0 Å². The fourth-order valence-corrected chi connectivity index (χ4v) is 2.86. The molecule has 0 unspecified atom stereocenters. The van der Waals surface area contributed by atoms with Crippen LogP contribution >= 0.6 is 15.9 Å². The van der Waals surface area contributed by atoms with Gasteiger partial charge in [0.15, 0.2) is 0 Å². The van der Waals surface area contributed by atoms with Crippen molar-refractivity contribution < 1.29 is 19.1 Å². The van der Waals surface area contributed by atoms with Crippen LogP contribution in [0.1, 0.15) is 31.2 Å². The number of nitrogens with zero attached hydrogens (tertiary/aromatic N) is 2. The zero-order valence-corrected chi connectivity index (χ0v) is 15.2. The van der Waals surface area contributed by atoms with Crippen LogP contribution in [0.4, 0.5) is 0 Å². The lowest BCUT2D eigenvalue weighted by molar-refractivity contribution is -0.135. The number of para-hydroxylation sites is 1. The average molecular weight is 403 g/mol. The van der Waals surface area contributed by atoms with Gasteiger partial charge in [-0.2, -0.15) is 5.01 Å². The van der Waals surface area contributed by atoms with Crippen LogP contribution in [0.15, 0.2) is 58.1 Å². The molecular formula is C18H15BrN2O4. The van der Waals surface area contributed by atoms with Gasteiger partial charge in [0.05, 0.1) is 5.56 Å². The Hall–Kier alpha value is -2.67. The summed E-state index contributed by atoms with van der Waals surface area (Å²) in [7, 11) is 0. The number of hydrogen-bond acceptors (Lipinski definition) is 5. The summed E-state index contributed by atoms with van der Waals surface area (Å²) in [6.07, 6.45) is -0.685. The third-order valence-corrected chi connectivity index (χ3v) is 3.96. The molecule has 1 aliphatic heterocycles. The molecule has 1 heterocycles. The van der Waals surface area contributed by atoms with E-state index in [1.54, 1.807) is 24.3 Å². The molecule has 0 saturated carbocycles. The van der Waals surface area contributed by atoms with Crippen molar-refractivity contribution in [3.63, 3.8) is 0 Å². The molecule has 2 aromatic rings. The van der Waals surface area contributed by atoms with E-state index in [0.29, 0.717) is 11.3 Å². The molecule has 0 saturated heterocycles. The molecule has 0 aliphatic carbocycles. The Bertz CT molecular complexity index is 866. The smallest absolute Gasteiger partial charge is 0.308 e. The normalized spacial score (nSPS) is 16.2. The first-order valence-corrected chi connectivity index (χ1v) is 8.33. The molecule has 128 valence electrons. The molecule has 25 heavy (non-hydrogen) atoms. The molecule has 0 radical (unpaired) electrons. The van der Waals surface area contributed by atoms with E-state index >= 15 is 0 Å². The number of carbonyl (C=O) groups is 2. The SMILES string of the molecule is CC(=O)Oc1ccccc1C1=NN(C(C)=O)[C@H](c2cccc(Br)c2)O1. The van der Waals surface area contributed by atoms with E-state index in [1.807, 2.05) is 24.3 Å². The molecule has 0 spiro atoms. The minimum Gasteiger partial charge on any atom is -0.446 e. The van der Waals surface area contributed by atoms with Crippen molar-refractivity contribution in [3.05, 3.63) is 64.1 Å². The van der Waals surface area contributed by atoms with Gasteiger partial charge in [0.2, 0.25) is 18.0 Å². The fraction of sp³-hybridized carbons (Fsp3) is 0.167. The number of benzene rings is 2. The van der Waals surface area contributed by atoms with Crippen LogP contribution < -0.4 is 4.74 Å². The number of rotatable bonds is 3. The lowest BCUT2D eigenvalue weighted by Gasteiger charge is -2.19. The molecule has 1 aliphatic rings. The van der Waals surface area contributed by atoms with Crippen molar-refractivity contribution in [3.8, 4) is 5.75 Å². The molecule has 3 rings (SSSR count). The summed E-state index contributed by atoms with van der Waals surface area (Å²) in [4.78, 5) is 23.3. The van der Waals surface area contributed by atoms with Gasteiger partial charge in [-0.1, -0.05) is 40.2 Å². The van der Waals surface area contributed by atoms with Gasteiger partial charge >= 0.3 is 5.97 Å². The highest BCUT2D eigenvalue weighted by Crippen LogP contribution is 2.33. The van der Waals surface area contributed by atoms with E-state index in [9.17, 15) is 9.59 Å². The summed E-state index contributed by atoms with van der Waals surface area (Å²) in [6, 6.07) is 14.3. The van der Waals surface area contributed by atoms with Crippen LogP contribution in [-0.4, -0.2) is 22.8 Å². The second-order valence-corrected chi connectivity index (χ2v) is 6.30. The van der Waals surface area contributed by atoms with Gasteiger partial charge in [0.1, 0.15) is 5.75 Å². The predicted octanol–water partition coefficient (Wildman–Crippen LogP) is 3.61. The largest absolute Gasteiger partial charge is 0.446 e. The summed E-state index contributed by atoms with van der Waals surface area (Å²) < 4.78 is 12.0. The van der Waals surface area contributed by atoms with Gasteiger partial charge in [0.25, 0.3) is 0 Å². The van der Waals surface area contributed by atoms with Crippen molar-refractivity contribution in [2.45, 2.75) is 20.1 Å². The highest BCUT2D eigenvalue weighted by molar-refractivity contribution is 9.10. The second-order valence-electron chi connectivity index (χ2n) is 5.38. The first kappa shape index (κ1) is 17.2. The number of halogens is 1. The van der Waals surface area contributed by atoms with Crippen LogP contribution in [0.3, 0.4) is 0 Å². The number of amides is 1. The van der Waals surface area contributed by atoms with E-state index in [-0.39, 0.29) is 11.8 Å². The quantitative estimate of drug-likeness (QED) is 0.580. The third kappa shape index (κ3) is 3.71. The maximum Gasteiger partial charge on any atom is 0.308 e. The third-order valence-electron chi connectivity index (χ3n) is 3.47. The lowest BCUT2D eigenvalue weighted by atomic mass is 10.2. The summed E-state index contributed by atoms with van der Waals surface area (Å²) in [5, 5.41) is 5.55. The van der Waals surface area contributed by atoms with E-state index < -0.39 is 12.2 Å². The van der Waals surface area contributed by atoms with Gasteiger partial charge in [-0.15, -0.1) is 5.10 Å². The molecule has 1 amide bonds. The summed E-state index contributed by atoms with van der Waals surface area (Å²) in [5.41, 5.74) is 1.27. The summed E-state index contributed by atoms with van der Waals surface area (Å²) >= 11 is 3.41. The molecule has 1 atom stereocenters. The van der Waals surface area contributed by atoms with Crippen LogP contribution in [0.5, 0.6) is 5.75 Å². The first-order valence-electron chi connectivity index (χ1n) is 7.54. The molecule has 0 N–H and O–H groups in total. The van der Waals surface area contributed by atoms with Gasteiger partial charge in [-0.3, -0.25) is 9.59 Å². The van der Waals surface area contributed by atoms with Gasteiger partial charge in [0, 0.05) is 23.9 Å². The van der Waals surface area contributed by atoms with Gasteiger partial charge in [-0.05, 0) is 24.3 Å². The minimum atomic E-state index is -0.685. The first-order chi connectivity index (χ1) is 12.0. The Morgan fingerprint density at radius 2 is 1.92 bits per heavy atom. The minimum absolute atomic E-state index is 0.219. The standard InChI is InChI=1S/C18H15BrN2O4/c1-11(22)21-18(13-6-5-7-14(19)10-13)25-17(20-21)15-8-3-4-9-16(15)24-12(2)23/h3-10,18H,1-2H3/t18-/m0/s1.